The number of ether oxygens (including phenoxy) is 1. The van der Waals surface area contributed by atoms with Crippen LogP contribution in [0, 0.1) is 0 Å². The molecular weight excluding hydrogens is 357 g/mol. The smallest absolute Gasteiger partial charge is 0.416 e. The lowest BCUT2D eigenvalue weighted by molar-refractivity contribution is -0.137. The number of primary amides is 1. The fraction of sp³-hybridized carbons (Fsp3) is 0.200. The van der Waals surface area contributed by atoms with Crippen molar-refractivity contribution in [1.82, 2.24) is 4.98 Å². The molecule has 0 aliphatic carbocycles. The zero-order valence-electron chi connectivity index (χ0n) is 14.7. The van der Waals surface area contributed by atoms with Gasteiger partial charge in [-0.25, -0.2) is 0 Å². The molecule has 140 valence electrons. The normalized spacial score (nSPS) is 11.8. The van der Waals surface area contributed by atoms with Crippen LogP contribution in [0.1, 0.15) is 41.4 Å². The summed E-state index contributed by atoms with van der Waals surface area (Å²) in [5.74, 6) is 0.226. The van der Waals surface area contributed by atoms with Gasteiger partial charge in [-0.3, -0.25) is 9.78 Å². The lowest BCUT2D eigenvalue weighted by Gasteiger charge is -2.14. The largest absolute Gasteiger partial charge is 0.457 e. The van der Waals surface area contributed by atoms with Crippen molar-refractivity contribution >= 4 is 16.8 Å². The molecule has 0 radical (unpaired) electrons. The number of hydrogen-bond acceptors (Lipinski definition) is 3. The molecule has 7 heteroatoms. The summed E-state index contributed by atoms with van der Waals surface area (Å²) in [6, 6.07) is 11.0. The number of rotatable bonds is 4. The maximum atomic E-state index is 12.7. The van der Waals surface area contributed by atoms with Gasteiger partial charge < -0.3 is 10.5 Å². The topological polar surface area (TPSA) is 65.2 Å². The van der Waals surface area contributed by atoms with Crippen LogP contribution in [0.15, 0.2) is 48.5 Å². The number of aromatic nitrogens is 1. The monoisotopic (exact) mass is 374 g/mol. The van der Waals surface area contributed by atoms with Crippen LogP contribution in [0.3, 0.4) is 0 Å². The summed E-state index contributed by atoms with van der Waals surface area (Å²) in [5, 5.41) is 0.629. The molecule has 0 aliphatic rings. The van der Waals surface area contributed by atoms with Crippen molar-refractivity contribution in [2.75, 3.05) is 0 Å². The second-order valence-corrected chi connectivity index (χ2v) is 6.42. The van der Waals surface area contributed by atoms with Crippen molar-refractivity contribution in [3.8, 4) is 11.5 Å². The summed E-state index contributed by atoms with van der Waals surface area (Å²) < 4.78 is 44.0. The summed E-state index contributed by atoms with van der Waals surface area (Å²) >= 11 is 0. The maximum Gasteiger partial charge on any atom is 0.416 e. The van der Waals surface area contributed by atoms with Crippen molar-refractivity contribution in [3.63, 3.8) is 0 Å². The number of hydrogen-bond donors (Lipinski definition) is 1. The predicted octanol–water partition coefficient (Wildman–Crippen LogP) is 5.27. The highest BCUT2D eigenvalue weighted by Gasteiger charge is 2.30. The fourth-order valence-corrected chi connectivity index (χ4v) is 2.59. The van der Waals surface area contributed by atoms with Crippen LogP contribution in [-0.4, -0.2) is 10.9 Å². The number of amides is 1. The first-order chi connectivity index (χ1) is 12.6. The number of benzene rings is 2. The van der Waals surface area contributed by atoms with Crippen LogP contribution in [0.4, 0.5) is 13.2 Å². The molecule has 0 unspecified atom stereocenters. The first-order valence-corrected chi connectivity index (χ1v) is 8.25. The standard InChI is InChI=1S/C20H17F3N2O2/c1-11(2)16-10-18(15-8-3-12(19(24)26)9-17(15)25-16)27-14-6-4-13(5-7-14)20(21,22)23/h3-11H,1-2H3,(H2,24,26). The maximum absolute atomic E-state index is 12.7. The van der Waals surface area contributed by atoms with Gasteiger partial charge in [0.25, 0.3) is 0 Å². The summed E-state index contributed by atoms with van der Waals surface area (Å²) in [7, 11) is 0. The second-order valence-electron chi connectivity index (χ2n) is 6.42. The first-order valence-electron chi connectivity index (χ1n) is 8.25. The SMILES string of the molecule is CC(C)c1cc(Oc2ccc(C(F)(F)F)cc2)c2ccc(C(N)=O)cc2n1. The Balaban J connectivity index is 2.05. The van der Waals surface area contributed by atoms with E-state index in [1.807, 2.05) is 13.8 Å². The first kappa shape index (κ1) is 18.7. The van der Waals surface area contributed by atoms with Crippen LogP contribution in [0.2, 0.25) is 0 Å². The molecule has 1 amide bonds. The van der Waals surface area contributed by atoms with Crippen molar-refractivity contribution in [3.05, 3.63) is 65.4 Å². The highest BCUT2D eigenvalue weighted by atomic mass is 19.4. The van der Waals surface area contributed by atoms with Crippen LogP contribution in [0.5, 0.6) is 11.5 Å². The van der Waals surface area contributed by atoms with E-state index in [9.17, 15) is 18.0 Å². The molecule has 3 rings (SSSR count). The molecule has 1 aromatic heterocycles. The average molecular weight is 374 g/mol. The second kappa shape index (κ2) is 6.90. The molecule has 4 nitrogen and oxygen atoms in total. The third-order valence-electron chi connectivity index (χ3n) is 4.08. The molecule has 0 atom stereocenters. The van der Waals surface area contributed by atoms with E-state index in [4.69, 9.17) is 10.5 Å². The minimum atomic E-state index is -4.40. The Morgan fingerprint density at radius 3 is 2.30 bits per heavy atom. The highest BCUT2D eigenvalue weighted by molar-refractivity contribution is 5.98. The quantitative estimate of drug-likeness (QED) is 0.677. The molecule has 2 N–H and O–H groups in total. The van der Waals surface area contributed by atoms with Gasteiger partial charge in [-0.1, -0.05) is 13.8 Å². The van der Waals surface area contributed by atoms with E-state index in [2.05, 4.69) is 4.98 Å². The number of halogens is 3. The minimum absolute atomic E-state index is 0.0848. The van der Waals surface area contributed by atoms with E-state index >= 15 is 0 Å². The summed E-state index contributed by atoms with van der Waals surface area (Å²) in [6.07, 6.45) is -4.40. The third-order valence-corrected chi connectivity index (χ3v) is 4.08. The lowest BCUT2D eigenvalue weighted by atomic mass is 10.1. The predicted molar refractivity (Wildman–Crippen MR) is 95.9 cm³/mol. The van der Waals surface area contributed by atoms with E-state index in [-0.39, 0.29) is 11.7 Å². The fourth-order valence-electron chi connectivity index (χ4n) is 2.59. The molecule has 27 heavy (non-hydrogen) atoms. The lowest BCUT2D eigenvalue weighted by Crippen LogP contribution is -2.10. The Morgan fingerprint density at radius 1 is 1.07 bits per heavy atom. The van der Waals surface area contributed by atoms with Gasteiger partial charge in [0.15, 0.2) is 0 Å². The van der Waals surface area contributed by atoms with Gasteiger partial charge in [0, 0.05) is 22.7 Å². The molecule has 0 spiro atoms. The summed E-state index contributed by atoms with van der Waals surface area (Å²) in [4.78, 5) is 16.0. The van der Waals surface area contributed by atoms with Crippen LogP contribution < -0.4 is 10.5 Å². The molecule has 0 fully saturated rings. The number of fused-ring (bicyclic) bond motifs is 1. The van der Waals surface area contributed by atoms with E-state index in [1.54, 1.807) is 24.3 Å². The highest BCUT2D eigenvalue weighted by Crippen LogP contribution is 2.34. The van der Waals surface area contributed by atoms with Crippen LogP contribution >= 0.6 is 0 Å². The Morgan fingerprint density at radius 2 is 1.74 bits per heavy atom. The Labute approximate surface area is 153 Å². The number of alkyl halides is 3. The van der Waals surface area contributed by atoms with Gasteiger partial charge in [-0.15, -0.1) is 0 Å². The van der Waals surface area contributed by atoms with Crippen molar-refractivity contribution < 1.29 is 22.7 Å². The van der Waals surface area contributed by atoms with Gasteiger partial charge in [0.2, 0.25) is 5.91 Å². The number of carbonyl (C=O) groups excluding carboxylic acids is 1. The van der Waals surface area contributed by atoms with Crippen molar-refractivity contribution in [2.45, 2.75) is 25.9 Å². The minimum Gasteiger partial charge on any atom is -0.457 e. The van der Waals surface area contributed by atoms with E-state index in [0.717, 1.165) is 17.8 Å². The van der Waals surface area contributed by atoms with Crippen molar-refractivity contribution in [1.29, 1.82) is 0 Å². The van der Waals surface area contributed by atoms with E-state index in [1.165, 1.54) is 12.1 Å². The molecule has 2 aromatic carbocycles. The molecular formula is C20H17F3N2O2. The van der Waals surface area contributed by atoms with Crippen LogP contribution in [0.25, 0.3) is 10.9 Å². The number of pyridine rings is 1. The molecule has 0 aliphatic heterocycles. The zero-order valence-corrected chi connectivity index (χ0v) is 14.7. The Hall–Kier alpha value is -3.09. The van der Waals surface area contributed by atoms with Gasteiger partial charge in [-0.2, -0.15) is 13.2 Å². The Kier molecular flexibility index (Phi) is 4.78. The Bertz CT molecular complexity index is 997. The molecule has 3 aromatic rings. The van der Waals surface area contributed by atoms with Gasteiger partial charge in [-0.05, 0) is 48.4 Å². The van der Waals surface area contributed by atoms with Gasteiger partial charge >= 0.3 is 6.18 Å². The van der Waals surface area contributed by atoms with E-state index < -0.39 is 17.6 Å². The average Bonchev–Trinajstić information content (AvgIpc) is 2.60. The molecule has 0 saturated heterocycles. The van der Waals surface area contributed by atoms with Gasteiger partial charge in [0.05, 0.1) is 11.1 Å². The number of carbonyl (C=O) groups is 1. The van der Waals surface area contributed by atoms with E-state index in [0.29, 0.717) is 22.2 Å². The summed E-state index contributed by atoms with van der Waals surface area (Å²) in [5.41, 5.74) is 6.15. The zero-order chi connectivity index (χ0) is 19.8. The van der Waals surface area contributed by atoms with Gasteiger partial charge in [0.1, 0.15) is 11.5 Å². The molecule has 1 heterocycles. The van der Waals surface area contributed by atoms with Crippen molar-refractivity contribution in [2.24, 2.45) is 5.73 Å². The molecule has 0 bridgehead atoms. The van der Waals surface area contributed by atoms with Crippen LogP contribution in [-0.2, 0) is 6.18 Å². The number of nitrogens with zero attached hydrogens (tertiary/aromatic N) is 1. The summed E-state index contributed by atoms with van der Waals surface area (Å²) in [6.45, 7) is 3.90. The third kappa shape index (κ3) is 4.02. The number of nitrogens with two attached hydrogens (primary N) is 1. The molecule has 0 saturated carbocycles.